The normalized spacial score (nSPS) is 11.0. The Balaban J connectivity index is 2.89. The van der Waals surface area contributed by atoms with Gasteiger partial charge in [0.15, 0.2) is 0 Å². The standard InChI is InChI=1S/C14H21BrFNO/c1-11(2)10-17(6-7-18-3)14-5-4-12(9-15)8-13(14)16/h4-5,8,11H,6-7,9-10H2,1-3H3. The molecule has 2 nitrogen and oxygen atoms in total. The summed E-state index contributed by atoms with van der Waals surface area (Å²) in [4.78, 5) is 2.04. The van der Waals surface area contributed by atoms with E-state index < -0.39 is 0 Å². The van der Waals surface area contributed by atoms with Gasteiger partial charge in [-0.15, -0.1) is 0 Å². The molecule has 1 aromatic carbocycles. The third-order valence-corrected chi connectivity index (χ3v) is 3.31. The highest BCUT2D eigenvalue weighted by molar-refractivity contribution is 9.08. The summed E-state index contributed by atoms with van der Waals surface area (Å²) in [6, 6.07) is 5.39. The van der Waals surface area contributed by atoms with Gasteiger partial charge in [0.05, 0.1) is 12.3 Å². The van der Waals surface area contributed by atoms with E-state index in [9.17, 15) is 4.39 Å². The van der Waals surface area contributed by atoms with Crippen molar-refractivity contribution in [3.8, 4) is 0 Å². The lowest BCUT2D eigenvalue weighted by molar-refractivity contribution is 0.204. The largest absolute Gasteiger partial charge is 0.383 e. The van der Waals surface area contributed by atoms with E-state index in [1.807, 2.05) is 17.0 Å². The van der Waals surface area contributed by atoms with Crippen LogP contribution in [0.25, 0.3) is 0 Å². The molecule has 0 unspecified atom stereocenters. The zero-order chi connectivity index (χ0) is 13.5. The Bertz CT molecular complexity index is 371. The van der Waals surface area contributed by atoms with E-state index in [0.717, 1.165) is 12.1 Å². The molecule has 0 saturated heterocycles. The van der Waals surface area contributed by atoms with Crippen molar-refractivity contribution in [2.24, 2.45) is 5.92 Å². The average Bonchev–Trinajstić information content (AvgIpc) is 2.34. The molecule has 0 amide bonds. The molecule has 0 heterocycles. The van der Waals surface area contributed by atoms with Gasteiger partial charge in [-0.1, -0.05) is 35.8 Å². The number of hydrogen-bond donors (Lipinski definition) is 0. The van der Waals surface area contributed by atoms with Gasteiger partial charge >= 0.3 is 0 Å². The minimum absolute atomic E-state index is 0.163. The molecular formula is C14H21BrFNO. The Labute approximate surface area is 117 Å². The molecule has 0 aliphatic heterocycles. The fourth-order valence-corrected chi connectivity index (χ4v) is 2.19. The molecule has 0 saturated carbocycles. The summed E-state index contributed by atoms with van der Waals surface area (Å²) in [5.41, 5.74) is 1.61. The number of rotatable bonds is 7. The van der Waals surface area contributed by atoms with Gasteiger partial charge in [0.2, 0.25) is 0 Å². The number of hydrogen-bond acceptors (Lipinski definition) is 2. The second kappa shape index (κ2) is 7.74. The van der Waals surface area contributed by atoms with Crippen molar-refractivity contribution in [3.05, 3.63) is 29.6 Å². The molecule has 0 N–H and O–H groups in total. The minimum Gasteiger partial charge on any atom is -0.383 e. The highest BCUT2D eigenvalue weighted by Gasteiger charge is 2.13. The molecule has 18 heavy (non-hydrogen) atoms. The number of halogens is 2. The first-order valence-electron chi connectivity index (χ1n) is 6.16. The maximum Gasteiger partial charge on any atom is 0.146 e. The zero-order valence-corrected chi connectivity index (χ0v) is 12.8. The number of anilines is 1. The monoisotopic (exact) mass is 317 g/mol. The molecule has 0 aromatic heterocycles. The molecule has 0 aliphatic rings. The maximum atomic E-state index is 14.1. The summed E-state index contributed by atoms with van der Waals surface area (Å²) in [6.45, 7) is 6.40. The van der Waals surface area contributed by atoms with Gasteiger partial charge in [-0.25, -0.2) is 4.39 Å². The van der Waals surface area contributed by atoms with Gasteiger partial charge in [-0.3, -0.25) is 0 Å². The summed E-state index contributed by atoms with van der Waals surface area (Å²) >= 11 is 3.34. The fourth-order valence-electron chi connectivity index (χ4n) is 1.84. The third kappa shape index (κ3) is 4.58. The summed E-state index contributed by atoms with van der Waals surface area (Å²) in [5.74, 6) is 0.320. The third-order valence-electron chi connectivity index (χ3n) is 2.66. The second-order valence-corrected chi connectivity index (χ2v) is 5.31. The van der Waals surface area contributed by atoms with Gasteiger partial charge < -0.3 is 9.64 Å². The molecular weight excluding hydrogens is 297 g/mol. The maximum absolute atomic E-state index is 14.1. The van der Waals surface area contributed by atoms with Crippen LogP contribution in [0.5, 0.6) is 0 Å². The molecule has 0 spiro atoms. The molecule has 0 fully saturated rings. The summed E-state index contributed by atoms with van der Waals surface area (Å²) in [5, 5.41) is 0.673. The SMILES string of the molecule is COCCN(CC(C)C)c1ccc(CBr)cc1F. The van der Waals surface area contributed by atoms with Gasteiger partial charge in [-0.2, -0.15) is 0 Å². The molecule has 102 valence electrons. The van der Waals surface area contributed by atoms with Crippen LogP contribution in [0.4, 0.5) is 10.1 Å². The Hall–Kier alpha value is -0.610. The van der Waals surface area contributed by atoms with E-state index in [4.69, 9.17) is 4.74 Å². The fraction of sp³-hybridized carbons (Fsp3) is 0.571. The van der Waals surface area contributed by atoms with E-state index in [1.165, 1.54) is 0 Å². The van der Waals surface area contributed by atoms with Crippen LogP contribution in [-0.4, -0.2) is 26.8 Å². The molecule has 1 rings (SSSR count). The molecule has 4 heteroatoms. The van der Waals surface area contributed by atoms with Crippen molar-refractivity contribution in [1.29, 1.82) is 0 Å². The van der Waals surface area contributed by atoms with Crippen molar-refractivity contribution in [2.75, 3.05) is 31.7 Å². The van der Waals surface area contributed by atoms with Gasteiger partial charge in [0.25, 0.3) is 0 Å². The van der Waals surface area contributed by atoms with E-state index in [-0.39, 0.29) is 5.82 Å². The van der Waals surface area contributed by atoms with Crippen LogP contribution in [0, 0.1) is 11.7 Å². The highest BCUT2D eigenvalue weighted by atomic mass is 79.9. The molecule has 0 atom stereocenters. The van der Waals surface area contributed by atoms with E-state index in [0.29, 0.717) is 30.1 Å². The van der Waals surface area contributed by atoms with Crippen molar-refractivity contribution < 1.29 is 9.13 Å². The van der Waals surface area contributed by atoms with Crippen LogP contribution >= 0.6 is 15.9 Å². The van der Waals surface area contributed by atoms with Crippen LogP contribution in [0.3, 0.4) is 0 Å². The van der Waals surface area contributed by atoms with Crippen LogP contribution in [-0.2, 0) is 10.1 Å². The first-order valence-corrected chi connectivity index (χ1v) is 7.29. The molecule has 0 radical (unpaired) electrons. The molecule has 0 bridgehead atoms. The highest BCUT2D eigenvalue weighted by Crippen LogP contribution is 2.22. The number of alkyl halides is 1. The summed E-state index contributed by atoms with van der Waals surface area (Å²) < 4.78 is 19.2. The van der Waals surface area contributed by atoms with E-state index in [2.05, 4.69) is 29.8 Å². The Morgan fingerprint density at radius 2 is 2.11 bits per heavy atom. The van der Waals surface area contributed by atoms with E-state index >= 15 is 0 Å². The van der Waals surface area contributed by atoms with Crippen molar-refractivity contribution >= 4 is 21.6 Å². The lowest BCUT2D eigenvalue weighted by Crippen LogP contribution is -2.31. The van der Waals surface area contributed by atoms with Crippen molar-refractivity contribution in [2.45, 2.75) is 19.2 Å². The number of methoxy groups -OCH3 is 1. The van der Waals surface area contributed by atoms with Gasteiger partial charge in [-0.05, 0) is 23.6 Å². The van der Waals surface area contributed by atoms with Gasteiger partial charge in [0, 0.05) is 25.5 Å². The smallest absolute Gasteiger partial charge is 0.146 e. The predicted molar refractivity (Wildman–Crippen MR) is 78.0 cm³/mol. The van der Waals surface area contributed by atoms with Crippen molar-refractivity contribution in [1.82, 2.24) is 0 Å². The Kier molecular flexibility index (Phi) is 6.65. The average molecular weight is 318 g/mol. The summed E-state index contributed by atoms with van der Waals surface area (Å²) in [6.07, 6.45) is 0. The first-order chi connectivity index (χ1) is 8.58. The topological polar surface area (TPSA) is 12.5 Å². The lowest BCUT2D eigenvalue weighted by Gasteiger charge is -2.27. The minimum atomic E-state index is -0.163. The predicted octanol–water partition coefficient (Wildman–Crippen LogP) is 3.83. The number of benzene rings is 1. The van der Waals surface area contributed by atoms with Crippen LogP contribution in [0.15, 0.2) is 18.2 Å². The Morgan fingerprint density at radius 3 is 2.61 bits per heavy atom. The van der Waals surface area contributed by atoms with E-state index in [1.54, 1.807) is 13.2 Å². The quantitative estimate of drug-likeness (QED) is 0.709. The van der Waals surface area contributed by atoms with Crippen LogP contribution in [0.2, 0.25) is 0 Å². The second-order valence-electron chi connectivity index (χ2n) is 4.75. The molecule has 1 aromatic rings. The van der Waals surface area contributed by atoms with Crippen LogP contribution < -0.4 is 4.90 Å². The summed E-state index contributed by atoms with van der Waals surface area (Å²) in [7, 11) is 1.66. The van der Waals surface area contributed by atoms with Crippen molar-refractivity contribution in [3.63, 3.8) is 0 Å². The van der Waals surface area contributed by atoms with Gasteiger partial charge in [0.1, 0.15) is 5.82 Å². The van der Waals surface area contributed by atoms with Crippen LogP contribution in [0.1, 0.15) is 19.4 Å². The molecule has 0 aliphatic carbocycles. The first kappa shape index (κ1) is 15.4. The Morgan fingerprint density at radius 1 is 1.39 bits per heavy atom. The number of ether oxygens (including phenoxy) is 1. The lowest BCUT2D eigenvalue weighted by atomic mass is 10.1. The zero-order valence-electron chi connectivity index (χ0n) is 11.2. The number of nitrogens with zero attached hydrogens (tertiary/aromatic N) is 1.